The highest BCUT2D eigenvalue weighted by Crippen LogP contribution is 2.48. The van der Waals surface area contributed by atoms with E-state index in [0.717, 1.165) is 33.5 Å². The molecule has 1 aliphatic carbocycles. The number of carbonyl (C=O) groups is 2. The number of hydrogen-bond acceptors (Lipinski definition) is 3. The number of Topliss-reactive ketones (excluding diaryl/α,β-unsaturated/α-hetero) is 1. The highest BCUT2D eigenvalue weighted by Gasteiger charge is 2.43. The Morgan fingerprint density at radius 2 is 1.61 bits per heavy atom. The number of hydrogen-bond donors (Lipinski definition) is 1. The van der Waals surface area contributed by atoms with Gasteiger partial charge in [-0.3, -0.25) is 14.5 Å². The van der Waals surface area contributed by atoms with Gasteiger partial charge in [-0.1, -0.05) is 72.2 Å². The van der Waals surface area contributed by atoms with Gasteiger partial charge in [0.15, 0.2) is 5.78 Å². The minimum Gasteiger partial charge on any atom is -0.357 e. The van der Waals surface area contributed by atoms with Gasteiger partial charge >= 0.3 is 0 Å². The minimum atomic E-state index is -0.527. The third kappa shape index (κ3) is 4.02. The molecular weight excluding hydrogens is 476 g/mol. The Bertz CT molecular complexity index is 1260. The summed E-state index contributed by atoms with van der Waals surface area (Å²) in [4.78, 5) is 29.5. The lowest BCUT2D eigenvalue weighted by Gasteiger charge is -2.37. The van der Waals surface area contributed by atoms with Crippen molar-refractivity contribution in [3.63, 3.8) is 0 Å². The Morgan fingerprint density at radius 3 is 2.33 bits per heavy atom. The van der Waals surface area contributed by atoms with Crippen molar-refractivity contribution in [1.82, 2.24) is 0 Å². The largest absolute Gasteiger partial charge is 0.357 e. The number of rotatable bonds is 2. The van der Waals surface area contributed by atoms with Crippen molar-refractivity contribution < 1.29 is 9.59 Å². The van der Waals surface area contributed by atoms with Crippen LogP contribution in [0.15, 0.2) is 94.6 Å². The molecule has 1 heterocycles. The summed E-state index contributed by atoms with van der Waals surface area (Å²) in [5.41, 5.74) is 4.51. The molecule has 1 amide bonds. The summed E-state index contributed by atoms with van der Waals surface area (Å²) in [6.07, 6.45) is 1.19. The van der Waals surface area contributed by atoms with E-state index < -0.39 is 6.04 Å². The second-order valence-corrected chi connectivity index (χ2v) is 10.4. The number of nitrogens with zero attached hydrogens (tertiary/aromatic N) is 1. The molecule has 0 bridgehead atoms. The molecular formula is C28H25BrN2O2. The number of benzene rings is 3. The molecule has 3 aromatic rings. The molecule has 0 aromatic heterocycles. The number of anilines is 2. The zero-order valence-electron chi connectivity index (χ0n) is 18.6. The first-order valence-corrected chi connectivity index (χ1v) is 11.9. The van der Waals surface area contributed by atoms with Gasteiger partial charge in [0, 0.05) is 27.7 Å². The van der Waals surface area contributed by atoms with Gasteiger partial charge in [-0.05, 0) is 53.8 Å². The quantitative estimate of drug-likeness (QED) is 0.415. The Balaban J connectivity index is 1.79. The molecule has 1 N–H and O–H groups in total. The Morgan fingerprint density at radius 1 is 0.939 bits per heavy atom. The molecule has 166 valence electrons. The molecule has 0 radical (unpaired) electrons. The van der Waals surface area contributed by atoms with Crippen molar-refractivity contribution in [2.24, 2.45) is 5.41 Å². The number of allylic oxidation sites excluding steroid dienone is 1. The van der Waals surface area contributed by atoms with Gasteiger partial charge in [-0.15, -0.1) is 0 Å². The third-order valence-corrected chi connectivity index (χ3v) is 6.85. The van der Waals surface area contributed by atoms with E-state index >= 15 is 0 Å². The molecule has 1 aliphatic heterocycles. The molecule has 5 heteroatoms. The zero-order chi connectivity index (χ0) is 23.2. The summed E-state index contributed by atoms with van der Waals surface area (Å²) in [7, 11) is 0. The smallest absolute Gasteiger partial charge is 0.259 e. The third-order valence-electron chi connectivity index (χ3n) is 6.33. The van der Waals surface area contributed by atoms with Crippen LogP contribution in [0.5, 0.6) is 0 Å². The van der Waals surface area contributed by atoms with Crippen LogP contribution >= 0.6 is 15.9 Å². The van der Waals surface area contributed by atoms with Crippen LogP contribution < -0.4 is 10.2 Å². The fraction of sp³-hybridized carbons (Fsp3) is 0.214. The van der Waals surface area contributed by atoms with Crippen molar-refractivity contribution in [3.8, 4) is 0 Å². The topological polar surface area (TPSA) is 49.4 Å². The minimum absolute atomic E-state index is 0.0836. The van der Waals surface area contributed by atoms with E-state index in [2.05, 4.69) is 35.1 Å². The van der Waals surface area contributed by atoms with Crippen LogP contribution in [-0.2, 0) is 4.79 Å². The molecule has 5 rings (SSSR count). The Labute approximate surface area is 202 Å². The fourth-order valence-corrected chi connectivity index (χ4v) is 5.16. The van der Waals surface area contributed by atoms with Crippen LogP contribution in [0, 0.1) is 5.41 Å². The van der Waals surface area contributed by atoms with Crippen molar-refractivity contribution in [2.75, 3.05) is 10.2 Å². The second-order valence-electron chi connectivity index (χ2n) is 9.47. The van der Waals surface area contributed by atoms with E-state index in [4.69, 9.17) is 0 Å². The normalized spacial score (nSPS) is 19.3. The summed E-state index contributed by atoms with van der Waals surface area (Å²) in [5.74, 6) is -0.0514. The molecule has 1 atom stereocenters. The van der Waals surface area contributed by atoms with E-state index in [0.29, 0.717) is 17.6 Å². The van der Waals surface area contributed by atoms with Gasteiger partial charge in [-0.2, -0.15) is 0 Å². The van der Waals surface area contributed by atoms with Gasteiger partial charge in [0.1, 0.15) is 0 Å². The summed E-state index contributed by atoms with van der Waals surface area (Å²) < 4.78 is 0.949. The van der Waals surface area contributed by atoms with Crippen LogP contribution in [0.4, 0.5) is 11.4 Å². The molecule has 1 unspecified atom stereocenters. The lowest BCUT2D eigenvalue weighted by molar-refractivity contribution is -0.118. The van der Waals surface area contributed by atoms with Gasteiger partial charge < -0.3 is 5.32 Å². The van der Waals surface area contributed by atoms with Crippen molar-refractivity contribution in [2.45, 2.75) is 32.7 Å². The molecule has 4 nitrogen and oxygen atoms in total. The van der Waals surface area contributed by atoms with Crippen LogP contribution in [-0.4, -0.2) is 11.7 Å². The number of ketones is 1. The number of nitrogens with one attached hydrogen (secondary N) is 1. The molecule has 3 aromatic carbocycles. The predicted molar refractivity (Wildman–Crippen MR) is 135 cm³/mol. The first kappa shape index (κ1) is 21.7. The lowest BCUT2D eigenvalue weighted by Crippen LogP contribution is -2.39. The Hall–Kier alpha value is -3.18. The van der Waals surface area contributed by atoms with Gasteiger partial charge in [0.25, 0.3) is 5.91 Å². The van der Waals surface area contributed by atoms with Crippen LogP contribution in [0.3, 0.4) is 0 Å². The van der Waals surface area contributed by atoms with E-state index in [-0.39, 0.29) is 17.1 Å². The monoisotopic (exact) mass is 500 g/mol. The molecule has 2 aliphatic rings. The maximum Gasteiger partial charge on any atom is 0.259 e. The van der Waals surface area contributed by atoms with Crippen LogP contribution in [0.2, 0.25) is 0 Å². The van der Waals surface area contributed by atoms with Crippen molar-refractivity contribution in [1.29, 1.82) is 0 Å². The van der Waals surface area contributed by atoms with Crippen LogP contribution in [0.1, 0.15) is 48.7 Å². The molecule has 0 spiro atoms. The standard InChI is InChI=1S/C28H25BrN2O2/c1-28(2)16-22-25(24(32)17-28)26(18-12-14-20(29)15-13-18)31(23-11-7-6-10-21(23)30-22)27(33)19-8-4-3-5-9-19/h3-15,26,30H,16-17H2,1-2H3. The maximum atomic E-state index is 14.0. The fourth-order valence-electron chi connectivity index (χ4n) is 4.89. The SMILES string of the molecule is CC1(C)CC(=O)C2=C(C1)Nc1ccccc1N(C(=O)c1ccccc1)C2c1ccc(Br)cc1. The molecule has 0 saturated heterocycles. The summed E-state index contributed by atoms with van der Waals surface area (Å²) in [6.45, 7) is 4.24. The van der Waals surface area contributed by atoms with E-state index in [9.17, 15) is 9.59 Å². The number of amides is 1. The maximum absolute atomic E-state index is 14.0. The molecule has 0 fully saturated rings. The second kappa shape index (κ2) is 8.31. The Kier molecular flexibility index (Phi) is 5.45. The highest BCUT2D eigenvalue weighted by atomic mass is 79.9. The van der Waals surface area contributed by atoms with Gasteiger partial charge in [0.05, 0.1) is 17.4 Å². The lowest BCUT2D eigenvalue weighted by atomic mass is 9.73. The summed E-state index contributed by atoms with van der Waals surface area (Å²) in [5, 5.41) is 3.55. The first-order valence-electron chi connectivity index (χ1n) is 11.1. The van der Waals surface area contributed by atoms with E-state index in [1.54, 1.807) is 4.90 Å². The number of para-hydroxylation sites is 2. The van der Waals surface area contributed by atoms with E-state index in [1.165, 1.54) is 0 Å². The van der Waals surface area contributed by atoms with Gasteiger partial charge in [-0.25, -0.2) is 0 Å². The predicted octanol–water partition coefficient (Wildman–Crippen LogP) is 6.91. The number of halogens is 1. The first-order chi connectivity index (χ1) is 15.8. The average molecular weight is 501 g/mol. The zero-order valence-corrected chi connectivity index (χ0v) is 20.2. The van der Waals surface area contributed by atoms with Crippen LogP contribution in [0.25, 0.3) is 0 Å². The number of carbonyl (C=O) groups excluding carboxylic acids is 2. The summed E-state index contributed by atoms with van der Waals surface area (Å²) in [6, 6.07) is 24.5. The average Bonchev–Trinajstić information content (AvgIpc) is 2.93. The van der Waals surface area contributed by atoms with Gasteiger partial charge in [0.2, 0.25) is 0 Å². The number of fused-ring (bicyclic) bond motifs is 1. The molecule has 0 saturated carbocycles. The van der Waals surface area contributed by atoms with E-state index in [1.807, 2.05) is 78.9 Å². The van der Waals surface area contributed by atoms with Crippen molar-refractivity contribution >= 4 is 39.0 Å². The molecule has 33 heavy (non-hydrogen) atoms. The summed E-state index contributed by atoms with van der Waals surface area (Å²) >= 11 is 3.52. The van der Waals surface area contributed by atoms with Crippen molar-refractivity contribution in [3.05, 3.63) is 106 Å². The highest BCUT2D eigenvalue weighted by molar-refractivity contribution is 9.10.